The van der Waals surface area contributed by atoms with E-state index in [0.29, 0.717) is 18.2 Å². The maximum atomic E-state index is 11.9. The number of benzene rings is 1. The van der Waals surface area contributed by atoms with E-state index in [1.807, 2.05) is 18.2 Å². The van der Waals surface area contributed by atoms with Gasteiger partial charge >= 0.3 is 0 Å². The van der Waals surface area contributed by atoms with Crippen LogP contribution in [-0.2, 0) is 4.79 Å². The maximum absolute atomic E-state index is 11.9. The molecule has 0 spiro atoms. The summed E-state index contributed by atoms with van der Waals surface area (Å²) in [5, 5.41) is 3.17. The zero-order chi connectivity index (χ0) is 12.8. The minimum atomic E-state index is 0.154. The lowest BCUT2D eigenvalue weighted by Crippen LogP contribution is -2.29. The van der Waals surface area contributed by atoms with Gasteiger partial charge in [0.2, 0.25) is 5.91 Å². The van der Waals surface area contributed by atoms with Crippen LogP contribution in [0.1, 0.15) is 43.7 Å². The van der Waals surface area contributed by atoms with Crippen LogP contribution in [0.25, 0.3) is 0 Å². The van der Waals surface area contributed by atoms with E-state index < -0.39 is 0 Å². The molecule has 0 radical (unpaired) electrons. The highest BCUT2D eigenvalue weighted by atomic mass is 35.5. The molecule has 0 aromatic heterocycles. The third kappa shape index (κ3) is 4.02. The zero-order valence-electron chi connectivity index (χ0n) is 10.6. The largest absolute Gasteiger partial charge is 0.349 e. The number of hydrogen-bond acceptors (Lipinski definition) is 1. The molecule has 1 amide bonds. The number of rotatable bonds is 7. The van der Waals surface area contributed by atoms with Crippen molar-refractivity contribution >= 4 is 17.5 Å². The van der Waals surface area contributed by atoms with E-state index in [1.165, 1.54) is 18.4 Å². The summed E-state index contributed by atoms with van der Waals surface area (Å²) in [5.74, 6) is 1.42. The summed E-state index contributed by atoms with van der Waals surface area (Å²) in [6.07, 6.45) is 4.82. The van der Waals surface area contributed by atoms with Crippen LogP contribution < -0.4 is 5.32 Å². The molecular formula is C15H20ClNO. The second kappa shape index (κ2) is 6.79. The van der Waals surface area contributed by atoms with Gasteiger partial charge in [-0.2, -0.15) is 0 Å². The molecule has 0 aliphatic heterocycles. The molecule has 2 nitrogen and oxygen atoms in total. The van der Waals surface area contributed by atoms with Gasteiger partial charge in [-0.15, -0.1) is 11.6 Å². The standard InChI is InChI=1S/C15H20ClNO/c16-11-5-4-8-14(18)17-15(13-9-10-13)12-6-2-1-3-7-12/h1-3,6-7,13,15H,4-5,8-11H2,(H,17,18). The van der Waals surface area contributed by atoms with E-state index in [4.69, 9.17) is 11.6 Å². The van der Waals surface area contributed by atoms with E-state index in [0.717, 1.165) is 12.8 Å². The van der Waals surface area contributed by atoms with Gasteiger partial charge in [-0.3, -0.25) is 4.79 Å². The minimum absolute atomic E-state index is 0.154. The van der Waals surface area contributed by atoms with Gasteiger partial charge in [0.25, 0.3) is 0 Å². The first-order chi connectivity index (χ1) is 8.81. The van der Waals surface area contributed by atoms with Gasteiger partial charge in [0.1, 0.15) is 0 Å². The Bertz CT molecular complexity index is 375. The molecule has 1 N–H and O–H groups in total. The average molecular weight is 266 g/mol. The van der Waals surface area contributed by atoms with E-state index in [9.17, 15) is 4.79 Å². The molecule has 1 aromatic carbocycles. The smallest absolute Gasteiger partial charge is 0.220 e. The third-order valence-electron chi connectivity index (χ3n) is 3.36. The maximum Gasteiger partial charge on any atom is 0.220 e. The molecule has 1 aliphatic carbocycles. The molecule has 98 valence electrons. The van der Waals surface area contributed by atoms with Crippen LogP contribution in [0, 0.1) is 5.92 Å². The lowest BCUT2D eigenvalue weighted by Gasteiger charge is -2.18. The van der Waals surface area contributed by atoms with E-state index >= 15 is 0 Å². The number of carbonyl (C=O) groups excluding carboxylic acids is 1. The number of halogens is 1. The Morgan fingerprint density at radius 2 is 2.00 bits per heavy atom. The van der Waals surface area contributed by atoms with E-state index in [1.54, 1.807) is 0 Å². The normalized spacial score (nSPS) is 16.3. The Morgan fingerprint density at radius 3 is 2.61 bits per heavy atom. The highest BCUT2D eigenvalue weighted by molar-refractivity contribution is 6.17. The predicted octanol–water partition coefficient (Wildman–Crippen LogP) is 3.66. The Morgan fingerprint density at radius 1 is 1.28 bits per heavy atom. The summed E-state index contributed by atoms with van der Waals surface area (Å²) in [6, 6.07) is 10.5. The fraction of sp³-hybridized carbons (Fsp3) is 0.533. The summed E-state index contributed by atoms with van der Waals surface area (Å²) < 4.78 is 0. The van der Waals surface area contributed by atoms with Crippen LogP contribution in [0.2, 0.25) is 0 Å². The molecule has 1 fully saturated rings. The minimum Gasteiger partial charge on any atom is -0.349 e. The number of alkyl halides is 1. The van der Waals surface area contributed by atoms with Crippen molar-refractivity contribution in [2.75, 3.05) is 5.88 Å². The fourth-order valence-corrected chi connectivity index (χ4v) is 2.38. The lowest BCUT2D eigenvalue weighted by molar-refractivity contribution is -0.122. The summed E-state index contributed by atoms with van der Waals surface area (Å²) in [6.45, 7) is 0. The van der Waals surface area contributed by atoms with E-state index in [-0.39, 0.29) is 11.9 Å². The highest BCUT2D eigenvalue weighted by Crippen LogP contribution is 2.40. The van der Waals surface area contributed by atoms with Crippen molar-refractivity contribution in [1.29, 1.82) is 0 Å². The van der Waals surface area contributed by atoms with Gasteiger partial charge in [-0.25, -0.2) is 0 Å². The SMILES string of the molecule is O=C(CCCCCl)NC(c1ccccc1)C1CC1. The first kappa shape index (κ1) is 13.4. The van der Waals surface area contributed by atoms with Gasteiger partial charge in [-0.1, -0.05) is 30.3 Å². The van der Waals surface area contributed by atoms with Crippen molar-refractivity contribution in [2.45, 2.75) is 38.1 Å². The Balaban J connectivity index is 1.89. The molecule has 2 rings (SSSR count). The summed E-state index contributed by atoms with van der Waals surface area (Å²) in [5.41, 5.74) is 1.23. The quantitative estimate of drug-likeness (QED) is 0.592. The molecule has 1 unspecified atom stereocenters. The lowest BCUT2D eigenvalue weighted by atomic mass is 10.0. The molecule has 0 saturated heterocycles. The van der Waals surface area contributed by atoms with Crippen molar-refractivity contribution in [3.63, 3.8) is 0 Å². The summed E-state index contributed by atoms with van der Waals surface area (Å²) in [7, 11) is 0. The number of amides is 1. The Hall–Kier alpha value is -1.02. The second-order valence-corrected chi connectivity index (χ2v) is 5.32. The predicted molar refractivity (Wildman–Crippen MR) is 74.6 cm³/mol. The molecule has 18 heavy (non-hydrogen) atoms. The van der Waals surface area contributed by atoms with Crippen molar-refractivity contribution < 1.29 is 4.79 Å². The van der Waals surface area contributed by atoms with Crippen LogP contribution in [0.5, 0.6) is 0 Å². The molecule has 1 saturated carbocycles. The molecule has 3 heteroatoms. The molecule has 0 heterocycles. The Labute approximate surface area is 114 Å². The van der Waals surface area contributed by atoms with Gasteiger partial charge < -0.3 is 5.32 Å². The first-order valence-electron chi connectivity index (χ1n) is 6.71. The highest BCUT2D eigenvalue weighted by Gasteiger charge is 2.33. The van der Waals surface area contributed by atoms with E-state index in [2.05, 4.69) is 17.4 Å². The fourth-order valence-electron chi connectivity index (χ4n) is 2.19. The summed E-state index contributed by atoms with van der Waals surface area (Å²) in [4.78, 5) is 11.9. The Kier molecular flexibility index (Phi) is 5.06. The first-order valence-corrected chi connectivity index (χ1v) is 7.25. The van der Waals surface area contributed by atoms with Gasteiger partial charge in [0, 0.05) is 12.3 Å². The van der Waals surface area contributed by atoms with Crippen molar-refractivity contribution in [1.82, 2.24) is 5.32 Å². The molecule has 0 bridgehead atoms. The molecule has 1 aromatic rings. The van der Waals surface area contributed by atoms with Crippen LogP contribution in [0.15, 0.2) is 30.3 Å². The molecule has 1 atom stereocenters. The molecule has 1 aliphatic rings. The summed E-state index contributed by atoms with van der Waals surface area (Å²) >= 11 is 5.62. The number of nitrogens with one attached hydrogen (secondary N) is 1. The number of carbonyl (C=O) groups is 1. The topological polar surface area (TPSA) is 29.1 Å². The third-order valence-corrected chi connectivity index (χ3v) is 3.62. The van der Waals surface area contributed by atoms with Crippen molar-refractivity contribution in [2.24, 2.45) is 5.92 Å². The van der Waals surface area contributed by atoms with Crippen LogP contribution >= 0.6 is 11.6 Å². The van der Waals surface area contributed by atoms with Crippen LogP contribution in [-0.4, -0.2) is 11.8 Å². The zero-order valence-corrected chi connectivity index (χ0v) is 11.3. The molecular weight excluding hydrogens is 246 g/mol. The van der Waals surface area contributed by atoms with Gasteiger partial charge in [-0.05, 0) is 37.2 Å². The average Bonchev–Trinajstić information content (AvgIpc) is 3.22. The van der Waals surface area contributed by atoms with Crippen molar-refractivity contribution in [3.8, 4) is 0 Å². The van der Waals surface area contributed by atoms with Crippen molar-refractivity contribution in [3.05, 3.63) is 35.9 Å². The number of unbranched alkanes of at least 4 members (excludes halogenated alkanes) is 1. The number of hydrogen-bond donors (Lipinski definition) is 1. The second-order valence-electron chi connectivity index (χ2n) is 4.94. The van der Waals surface area contributed by atoms with Gasteiger partial charge in [0.05, 0.1) is 6.04 Å². The van der Waals surface area contributed by atoms with Gasteiger partial charge in [0.15, 0.2) is 0 Å². The monoisotopic (exact) mass is 265 g/mol. The van der Waals surface area contributed by atoms with Crippen LogP contribution in [0.4, 0.5) is 0 Å². The van der Waals surface area contributed by atoms with Crippen LogP contribution in [0.3, 0.4) is 0 Å².